The van der Waals surface area contributed by atoms with Crippen molar-refractivity contribution >= 4 is 5.70 Å². The minimum absolute atomic E-state index is 0.0113. The number of hydrazine groups is 1. The van der Waals surface area contributed by atoms with E-state index in [4.69, 9.17) is 4.74 Å². The third kappa shape index (κ3) is 4.12. The Hall–Kier alpha value is -3.81. The fraction of sp³-hybridized carbons (Fsp3) is 0.182. The molecule has 3 heterocycles. The predicted molar refractivity (Wildman–Crippen MR) is 113 cm³/mol. The molecule has 1 aliphatic rings. The van der Waals surface area contributed by atoms with Crippen molar-refractivity contribution < 1.29 is 9.13 Å². The first-order valence-electron chi connectivity index (χ1n) is 9.56. The number of hydrogen-bond donors (Lipinski definition) is 3. The third-order valence-electron chi connectivity index (χ3n) is 4.79. The molecule has 7 nitrogen and oxygen atoms in total. The fourth-order valence-corrected chi connectivity index (χ4v) is 3.17. The summed E-state index contributed by atoms with van der Waals surface area (Å²) in [5.74, 6) is 1.06. The lowest BCUT2D eigenvalue weighted by Gasteiger charge is -2.24. The number of benzene rings is 1. The van der Waals surface area contributed by atoms with Crippen LogP contribution in [-0.2, 0) is 0 Å². The largest absolute Gasteiger partial charge is 0.479 e. The zero-order valence-corrected chi connectivity index (χ0v) is 17.0. The molecule has 0 saturated heterocycles. The molecule has 0 aliphatic carbocycles. The van der Waals surface area contributed by atoms with Gasteiger partial charge in [-0.2, -0.15) is 0 Å². The highest BCUT2D eigenvalue weighted by molar-refractivity contribution is 5.65. The normalized spacial score (nSPS) is 14.1. The summed E-state index contributed by atoms with van der Waals surface area (Å²) in [6.45, 7) is 3.94. The van der Waals surface area contributed by atoms with Crippen molar-refractivity contribution in [1.29, 1.82) is 0 Å². The molecule has 3 N–H and O–H groups in total. The molecule has 0 unspecified atom stereocenters. The number of aryl methyl sites for hydroxylation is 1. The molecule has 1 aliphatic heterocycles. The SMILES string of the molecule is COc1nc(C2=CC=C(N[C@@H](C)c3ccc(F)cc3)NN2)ccc1-n1cnc(C)c1. The molecule has 0 saturated carbocycles. The average molecular weight is 406 g/mol. The quantitative estimate of drug-likeness (QED) is 0.583. The van der Waals surface area contributed by atoms with Crippen molar-refractivity contribution in [2.75, 3.05) is 7.11 Å². The predicted octanol–water partition coefficient (Wildman–Crippen LogP) is 3.36. The highest BCUT2D eigenvalue weighted by atomic mass is 19.1. The highest BCUT2D eigenvalue weighted by Crippen LogP contribution is 2.24. The Bertz CT molecular complexity index is 1100. The number of pyridine rings is 1. The zero-order chi connectivity index (χ0) is 21.1. The number of halogens is 1. The number of rotatable bonds is 6. The minimum Gasteiger partial charge on any atom is -0.479 e. The van der Waals surface area contributed by atoms with Crippen molar-refractivity contribution in [2.45, 2.75) is 19.9 Å². The van der Waals surface area contributed by atoms with E-state index in [1.54, 1.807) is 25.6 Å². The smallest absolute Gasteiger partial charge is 0.238 e. The van der Waals surface area contributed by atoms with Gasteiger partial charge in [0.1, 0.15) is 17.3 Å². The van der Waals surface area contributed by atoms with Gasteiger partial charge in [-0.05, 0) is 55.8 Å². The summed E-state index contributed by atoms with van der Waals surface area (Å²) in [6.07, 6.45) is 7.51. The summed E-state index contributed by atoms with van der Waals surface area (Å²) in [5.41, 5.74) is 10.5. The van der Waals surface area contributed by atoms with Crippen molar-refractivity contribution in [3.8, 4) is 11.6 Å². The number of ether oxygens (including phenoxy) is 1. The molecule has 1 aromatic carbocycles. The highest BCUT2D eigenvalue weighted by Gasteiger charge is 2.14. The van der Waals surface area contributed by atoms with Crippen LogP contribution >= 0.6 is 0 Å². The Kier molecular flexibility index (Phi) is 5.38. The molecule has 0 radical (unpaired) electrons. The number of methoxy groups -OCH3 is 1. The van der Waals surface area contributed by atoms with Gasteiger partial charge in [0.25, 0.3) is 0 Å². The first-order valence-corrected chi connectivity index (χ1v) is 9.56. The molecular weight excluding hydrogens is 383 g/mol. The molecule has 3 aromatic rings. The molecular formula is C22H23FN6O. The van der Waals surface area contributed by atoms with Crippen LogP contribution in [0.4, 0.5) is 4.39 Å². The standard InChI is InChI=1S/C22H23FN6O/c1-14-12-29(13-24-14)20-10-8-18(26-22(20)30-3)19-9-11-21(28-27-19)25-15(2)16-4-6-17(23)7-5-16/h4-13,15,25,27-28H,1-3H3/t15-/m0/s1. The van der Waals surface area contributed by atoms with Crippen LogP contribution in [0.5, 0.6) is 5.88 Å². The molecule has 4 rings (SSSR count). The Morgan fingerprint density at radius 3 is 2.53 bits per heavy atom. The number of imidazole rings is 1. The maximum Gasteiger partial charge on any atom is 0.238 e. The van der Waals surface area contributed by atoms with E-state index in [2.05, 4.69) is 26.1 Å². The average Bonchev–Trinajstić information content (AvgIpc) is 3.20. The Labute approximate surface area is 174 Å². The Balaban J connectivity index is 1.50. The van der Waals surface area contributed by atoms with Crippen LogP contribution in [0.3, 0.4) is 0 Å². The van der Waals surface area contributed by atoms with Crippen molar-refractivity contribution in [3.05, 3.63) is 89.7 Å². The number of nitrogens with zero attached hydrogens (tertiary/aromatic N) is 3. The van der Waals surface area contributed by atoms with Crippen molar-refractivity contribution in [2.24, 2.45) is 0 Å². The van der Waals surface area contributed by atoms with E-state index in [1.165, 1.54) is 12.1 Å². The van der Waals surface area contributed by atoms with Crippen LogP contribution in [0.25, 0.3) is 11.4 Å². The Morgan fingerprint density at radius 1 is 1.10 bits per heavy atom. The van der Waals surface area contributed by atoms with E-state index in [9.17, 15) is 4.39 Å². The van der Waals surface area contributed by atoms with Gasteiger partial charge >= 0.3 is 0 Å². The molecule has 154 valence electrons. The maximum absolute atomic E-state index is 13.1. The summed E-state index contributed by atoms with van der Waals surface area (Å²) in [4.78, 5) is 8.87. The molecule has 30 heavy (non-hydrogen) atoms. The van der Waals surface area contributed by atoms with Crippen LogP contribution in [0.15, 0.2) is 66.9 Å². The number of allylic oxidation sites excluding steroid dienone is 2. The van der Waals surface area contributed by atoms with Gasteiger partial charge in [0, 0.05) is 12.2 Å². The first-order chi connectivity index (χ1) is 14.5. The second kappa shape index (κ2) is 8.28. The van der Waals surface area contributed by atoms with Gasteiger partial charge < -0.3 is 14.6 Å². The van der Waals surface area contributed by atoms with E-state index in [1.807, 2.05) is 48.9 Å². The molecule has 2 aromatic heterocycles. The van der Waals surface area contributed by atoms with Crippen molar-refractivity contribution in [3.63, 3.8) is 0 Å². The molecule has 8 heteroatoms. The van der Waals surface area contributed by atoms with E-state index in [0.29, 0.717) is 5.88 Å². The summed E-state index contributed by atoms with van der Waals surface area (Å²) in [7, 11) is 1.60. The minimum atomic E-state index is -0.243. The second-order valence-corrected chi connectivity index (χ2v) is 6.98. The molecule has 1 atom stereocenters. The van der Waals surface area contributed by atoms with E-state index < -0.39 is 0 Å². The van der Waals surface area contributed by atoms with Gasteiger partial charge in [0.15, 0.2) is 0 Å². The topological polar surface area (TPSA) is 76.0 Å². The van der Waals surface area contributed by atoms with Gasteiger partial charge in [-0.1, -0.05) is 12.1 Å². The lowest BCUT2D eigenvalue weighted by molar-refractivity contribution is 0.395. The lowest BCUT2D eigenvalue weighted by atomic mass is 10.1. The van der Waals surface area contributed by atoms with Crippen LogP contribution in [0.1, 0.15) is 29.9 Å². The fourth-order valence-electron chi connectivity index (χ4n) is 3.17. The lowest BCUT2D eigenvalue weighted by Crippen LogP contribution is -2.39. The summed E-state index contributed by atoms with van der Waals surface area (Å²) in [6, 6.07) is 10.3. The molecule has 0 spiro atoms. The number of aromatic nitrogens is 3. The van der Waals surface area contributed by atoms with Gasteiger partial charge in [0.2, 0.25) is 5.88 Å². The summed E-state index contributed by atoms with van der Waals surface area (Å²) >= 11 is 0. The van der Waals surface area contributed by atoms with Crippen LogP contribution in [0.2, 0.25) is 0 Å². The van der Waals surface area contributed by atoms with Gasteiger partial charge in [-0.3, -0.25) is 10.9 Å². The van der Waals surface area contributed by atoms with E-state index in [-0.39, 0.29) is 11.9 Å². The van der Waals surface area contributed by atoms with Crippen LogP contribution in [-0.4, -0.2) is 21.6 Å². The van der Waals surface area contributed by atoms with Crippen molar-refractivity contribution in [1.82, 2.24) is 30.7 Å². The monoisotopic (exact) mass is 406 g/mol. The number of nitrogens with one attached hydrogen (secondary N) is 3. The van der Waals surface area contributed by atoms with Gasteiger partial charge in [-0.25, -0.2) is 14.4 Å². The first kappa shape index (κ1) is 19.5. The zero-order valence-electron chi connectivity index (χ0n) is 17.0. The van der Waals surface area contributed by atoms with Gasteiger partial charge in [0.05, 0.1) is 30.5 Å². The van der Waals surface area contributed by atoms with Crippen LogP contribution < -0.4 is 20.9 Å². The maximum atomic E-state index is 13.1. The summed E-state index contributed by atoms with van der Waals surface area (Å²) in [5, 5.41) is 3.35. The van der Waals surface area contributed by atoms with E-state index in [0.717, 1.165) is 34.2 Å². The van der Waals surface area contributed by atoms with E-state index >= 15 is 0 Å². The summed E-state index contributed by atoms with van der Waals surface area (Å²) < 4.78 is 20.5. The second-order valence-electron chi connectivity index (χ2n) is 6.98. The Morgan fingerprint density at radius 2 is 1.90 bits per heavy atom. The molecule has 0 fully saturated rings. The number of hydrogen-bond acceptors (Lipinski definition) is 6. The molecule has 0 amide bonds. The van der Waals surface area contributed by atoms with Gasteiger partial charge in [-0.15, -0.1) is 0 Å². The third-order valence-corrected chi connectivity index (χ3v) is 4.79. The van der Waals surface area contributed by atoms with Crippen LogP contribution in [0, 0.1) is 12.7 Å². The molecule has 0 bridgehead atoms.